The van der Waals surface area contributed by atoms with Crippen molar-refractivity contribution < 1.29 is 9.47 Å². The molecule has 1 N–H and O–H groups in total. The van der Waals surface area contributed by atoms with E-state index in [0.717, 1.165) is 21.2 Å². The van der Waals surface area contributed by atoms with E-state index < -0.39 is 0 Å². The molecule has 5 rings (SSSR count). The number of benzene rings is 2. The van der Waals surface area contributed by atoms with Crippen LogP contribution in [0.25, 0.3) is 28.0 Å². The molecule has 4 aromatic rings. The maximum Gasteiger partial charge on any atom is 0.273 e. The lowest BCUT2D eigenvalue weighted by Gasteiger charge is -2.18. The minimum atomic E-state index is -0.173. The minimum Gasteiger partial charge on any atom is -0.486 e. The first-order valence-electron chi connectivity index (χ1n) is 8.46. The van der Waals surface area contributed by atoms with Crippen LogP contribution in [0.15, 0.2) is 64.0 Å². The molecule has 27 heavy (non-hydrogen) atoms. The molecular formula is C20H14BrN3O3. The Bertz CT molecular complexity index is 1210. The highest BCUT2D eigenvalue weighted by atomic mass is 79.9. The van der Waals surface area contributed by atoms with Crippen molar-refractivity contribution in [2.75, 3.05) is 13.2 Å². The van der Waals surface area contributed by atoms with Crippen LogP contribution in [-0.4, -0.2) is 27.8 Å². The van der Waals surface area contributed by atoms with Gasteiger partial charge in [-0.3, -0.25) is 9.89 Å². The maximum atomic E-state index is 12.6. The van der Waals surface area contributed by atoms with Crippen LogP contribution in [0.5, 0.6) is 11.5 Å². The van der Waals surface area contributed by atoms with Crippen molar-refractivity contribution in [2.45, 2.75) is 0 Å². The lowest BCUT2D eigenvalue weighted by molar-refractivity contribution is 0.171. The number of rotatable bonds is 2. The summed E-state index contributed by atoms with van der Waals surface area (Å²) >= 11 is 3.44. The monoisotopic (exact) mass is 423 g/mol. The first kappa shape index (κ1) is 16.1. The summed E-state index contributed by atoms with van der Waals surface area (Å²) in [5, 5.41) is 2.98. The highest BCUT2D eigenvalue weighted by Gasteiger charge is 2.15. The van der Waals surface area contributed by atoms with Gasteiger partial charge in [-0.2, -0.15) is 0 Å². The molecule has 1 aliphatic heterocycles. The van der Waals surface area contributed by atoms with Gasteiger partial charge in [0.25, 0.3) is 5.56 Å². The molecule has 0 amide bonds. The Morgan fingerprint density at radius 1 is 0.963 bits per heavy atom. The molecule has 0 bridgehead atoms. The maximum absolute atomic E-state index is 12.6. The summed E-state index contributed by atoms with van der Waals surface area (Å²) in [4.78, 5) is 17.3. The zero-order valence-corrected chi connectivity index (χ0v) is 15.7. The fourth-order valence-electron chi connectivity index (χ4n) is 3.17. The van der Waals surface area contributed by atoms with E-state index in [-0.39, 0.29) is 5.56 Å². The number of nitrogens with zero attached hydrogens (tertiary/aromatic N) is 2. The van der Waals surface area contributed by atoms with E-state index in [9.17, 15) is 4.79 Å². The molecule has 2 aromatic heterocycles. The van der Waals surface area contributed by atoms with Crippen LogP contribution in [0.4, 0.5) is 0 Å². The fraction of sp³-hybridized carbons (Fsp3) is 0.100. The summed E-state index contributed by atoms with van der Waals surface area (Å²) in [5.41, 5.74) is 3.64. The van der Waals surface area contributed by atoms with Crippen LogP contribution in [0, 0.1) is 0 Å². The van der Waals surface area contributed by atoms with E-state index in [1.165, 1.54) is 10.6 Å². The van der Waals surface area contributed by atoms with Crippen LogP contribution < -0.4 is 15.0 Å². The van der Waals surface area contributed by atoms with Gasteiger partial charge in [0, 0.05) is 27.9 Å². The van der Waals surface area contributed by atoms with E-state index in [1.54, 1.807) is 6.20 Å². The van der Waals surface area contributed by atoms with E-state index in [0.29, 0.717) is 36.1 Å². The summed E-state index contributed by atoms with van der Waals surface area (Å²) < 4.78 is 13.6. The summed E-state index contributed by atoms with van der Waals surface area (Å²) in [6, 6.07) is 15.0. The molecule has 0 aliphatic carbocycles. The Labute approximate surface area is 162 Å². The first-order valence-corrected chi connectivity index (χ1v) is 9.25. The molecule has 3 heterocycles. The van der Waals surface area contributed by atoms with E-state index >= 15 is 0 Å². The Kier molecular flexibility index (Phi) is 3.75. The second-order valence-electron chi connectivity index (χ2n) is 6.19. The Hall–Kier alpha value is -3.06. The first-order chi connectivity index (χ1) is 13.2. The number of fused-ring (bicyclic) bond motifs is 2. The van der Waals surface area contributed by atoms with Gasteiger partial charge in [0.1, 0.15) is 13.2 Å². The van der Waals surface area contributed by atoms with Crippen LogP contribution >= 0.6 is 15.9 Å². The van der Waals surface area contributed by atoms with E-state index in [4.69, 9.17) is 14.5 Å². The number of halogens is 1. The van der Waals surface area contributed by atoms with Crippen molar-refractivity contribution in [3.05, 3.63) is 69.6 Å². The third-order valence-electron chi connectivity index (χ3n) is 4.49. The van der Waals surface area contributed by atoms with Crippen molar-refractivity contribution in [2.24, 2.45) is 0 Å². The van der Waals surface area contributed by atoms with E-state index in [2.05, 4.69) is 21.0 Å². The molecule has 0 fully saturated rings. The third kappa shape index (κ3) is 2.80. The van der Waals surface area contributed by atoms with E-state index in [1.807, 2.05) is 42.5 Å². The van der Waals surface area contributed by atoms with Gasteiger partial charge < -0.3 is 9.47 Å². The number of aromatic nitrogens is 3. The van der Waals surface area contributed by atoms with Crippen molar-refractivity contribution in [3.63, 3.8) is 0 Å². The summed E-state index contributed by atoms with van der Waals surface area (Å²) in [6.07, 6.45) is 1.79. The summed E-state index contributed by atoms with van der Waals surface area (Å²) in [5.74, 6) is 1.38. The molecule has 0 spiro atoms. The SMILES string of the molecule is O=c1cc(-c2ccc3c(c2)OCCO3)nc2c(-c3ccc(Br)cc3)c[nH]n12. The number of nitrogens with one attached hydrogen (secondary N) is 1. The fourth-order valence-corrected chi connectivity index (χ4v) is 3.44. The van der Waals surface area contributed by atoms with Crippen molar-refractivity contribution >= 4 is 21.6 Å². The Morgan fingerprint density at radius 3 is 2.52 bits per heavy atom. The average molecular weight is 424 g/mol. The van der Waals surface area contributed by atoms with Gasteiger partial charge >= 0.3 is 0 Å². The van der Waals surface area contributed by atoms with Gasteiger partial charge in [-0.15, -0.1) is 0 Å². The quantitative estimate of drug-likeness (QED) is 0.530. The zero-order chi connectivity index (χ0) is 18.4. The second-order valence-corrected chi connectivity index (χ2v) is 7.11. The number of ether oxygens (including phenoxy) is 2. The van der Waals surface area contributed by atoms with Crippen LogP contribution in [0.3, 0.4) is 0 Å². The minimum absolute atomic E-state index is 0.173. The number of hydrogen-bond donors (Lipinski definition) is 1. The van der Waals surface area contributed by atoms with Crippen molar-refractivity contribution in [1.82, 2.24) is 14.6 Å². The smallest absolute Gasteiger partial charge is 0.273 e. The third-order valence-corrected chi connectivity index (χ3v) is 5.02. The lowest BCUT2D eigenvalue weighted by Crippen LogP contribution is -2.16. The molecule has 0 saturated heterocycles. The Balaban J connectivity index is 1.67. The predicted octanol–water partition coefficient (Wildman–Crippen LogP) is 3.89. The van der Waals surface area contributed by atoms with Crippen LogP contribution in [-0.2, 0) is 0 Å². The molecule has 0 saturated carbocycles. The van der Waals surface area contributed by atoms with Crippen molar-refractivity contribution in [1.29, 1.82) is 0 Å². The van der Waals surface area contributed by atoms with Crippen molar-refractivity contribution in [3.8, 4) is 33.9 Å². The average Bonchev–Trinajstić information content (AvgIpc) is 3.13. The van der Waals surface area contributed by atoms with Gasteiger partial charge in [-0.05, 0) is 35.9 Å². The summed E-state index contributed by atoms with van der Waals surface area (Å²) in [6.45, 7) is 1.05. The van der Waals surface area contributed by atoms with Gasteiger partial charge in [-0.1, -0.05) is 28.1 Å². The zero-order valence-electron chi connectivity index (χ0n) is 14.1. The number of aromatic amines is 1. The molecule has 2 aromatic carbocycles. The van der Waals surface area contributed by atoms with Crippen LogP contribution in [0.1, 0.15) is 0 Å². The normalized spacial score (nSPS) is 13.1. The number of hydrogen-bond acceptors (Lipinski definition) is 4. The standard InChI is InChI=1S/C20H14BrN3O3/c21-14-4-1-12(2-5-14)15-11-22-24-19(25)10-16(23-20(15)24)13-3-6-17-18(9-13)27-8-7-26-17/h1-6,9-11,22H,7-8H2. The van der Waals surface area contributed by atoms with Gasteiger partial charge in [0.05, 0.1) is 5.69 Å². The molecule has 6 nitrogen and oxygen atoms in total. The molecule has 7 heteroatoms. The highest BCUT2D eigenvalue weighted by molar-refractivity contribution is 9.10. The van der Waals surface area contributed by atoms with Gasteiger partial charge in [0.15, 0.2) is 17.1 Å². The lowest BCUT2D eigenvalue weighted by atomic mass is 10.1. The molecular weight excluding hydrogens is 410 g/mol. The highest BCUT2D eigenvalue weighted by Crippen LogP contribution is 2.34. The molecule has 1 aliphatic rings. The van der Waals surface area contributed by atoms with Crippen LogP contribution in [0.2, 0.25) is 0 Å². The summed E-state index contributed by atoms with van der Waals surface area (Å²) in [7, 11) is 0. The molecule has 0 unspecified atom stereocenters. The molecule has 0 atom stereocenters. The molecule has 0 radical (unpaired) electrons. The topological polar surface area (TPSA) is 68.6 Å². The van der Waals surface area contributed by atoms with Gasteiger partial charge in [-0.25, -0.2) is 9.50 Å². The number of H-pyrrole nitrogens is 1. The Morgan fingerprint density at radius 2 is 1.70 bits per heavy atom. The predicted molar refractivity (Wildman–Crippen MR) is 105 cm³/mol. The largest absolute Gasteiger partial charge is 0.486 e. The second kappa shape index (κ2) is 6.28. The van der Waals surface area contributed by atoms with Gasteiger partial charge in [0.2, 0.25) is 0 Å². The molecule has 134 valence electrons.